The quantitative estimate of drug-likeness (QED) is 0.596. The molecule has 1 aliphatic heterocycles. The summed E-state index contributed by atoms with van der Waals surface area (Å²) in [4.78, 5) is 36.8. The van der Waals surface area contributed by atoms with Gasteiger partial charge >= 0.3 is 12.1 Å². The Balaban J connectivity index is 1.14. The van der Waals surface area contributed by atoms with Crippen LogP contribution in [0.5, 0.6) is 0 Å². The number of aromatic nitrogens is 1. The average molecular weight is 447 g/mol. The van der Waals surface area contributed by atoms with Crippen LogP contribution in [0.4, 0.5) is 4.79 Å². The summed E-state index contributed by atoms with van der Waals surface area (Å²) in [5.41, 5.74) is 4.63. The number of nitrogens with one attached hydrogen (secondary N) is 1. The molecular weight excluding hydrogens is 426 g/mol. The number of carbonyl (C=O) groups excluding carboxylic acids is 2. The number of amides is 2. The van der Waals surface area contributed by atoms with E-state index >= 15 is 0 Å². The highest BCUT2D eigenvalue weighted by molar-refractivity contribution is 5.93. The average Bonchev–Trinajstić information content (AvgIpc) is 3.38. The number of alkyl carbamates (subject to hydrolysis) is 1. The summed E-state index contributed by atoms with van der Waals surface area (Å²) in [5.74, 6) is -1.61. The monoisotopic (exact) mass is 447 g/mol. The maximum absolute atomic E-state index is 12.3. The van der Waals surface area contributed by atoms with Gasteiger partial charge in [0, 0.05) is 25.1 Å². The van der Waals surface area contributed by atoms with Crippen molar-refractivity contribution in [3.63, 3.8) is 0 Å². The van der Waals surface area contributed by atoms with Crippen LogP contribution in [-0.2, 0) is 16.1 Å². The molecule has 2 amide bonds. The maximum atomic E-state index is 12.3. The van der Waals surface area contributed by atoms with Crippen LogP contribution >= 0.6 is 0 Å². The summed E-state index contributed by atoms with van der Waals surface area (Å²) in [5, 5.41) is 15.2. The molecule has 1 fully saturated rings. The normalized spacial score (nSPS) is 14.8. The molecule has 0 saturated carbocycles. The molecule has 0 atom stereocenters. The van der Waals surface area contributed by atoms with Gasteiger partial charge in [-0.15, -0.1) is 0 Å². The van der Waals surface area contributed by atoms with Crippen LogP contribution in [0.15, 0.2) is 59.1 Å². The molecule has 9 nitrogen and oxygen atoms in total. The van der Waals surface area contributed by atoms with Gasteiger partial charge in [-0.3, -0.25) is 9.59 Å². The zero-order valence-electron chi connectivity index (χ0n) is 17.6. The van der Waals surface area contributed by atoms with Crippen molar-refractivity contribution in [1.82, 2.24) is 15.4 Å². The number of rotatable bonds is 6. The molecule has 5 rings (SSSR count). The van der Waals surface area contributed by atoms with E-state index in [1.54, 1.807) is 0 Å². The van der Waals surface area contributed by atoms with E-state index in [1.165, 1.54) is 11.0 Å². The number of benzene rings is 2. The Kier molecular flexibility index (Phi) is 5.29. The summed E-state index contributed by atoms with van der Waals surface area (Å²) in [7, 11) is 0. The van der Waals surface area contributed by atoms with E-state index in [-0.39, 0.29) is 37.9 Å². The Morgan fingerprint density at radius 3 is 2.33 bits per heavy atom. The number of carboxylic acid groups (broad SMARTS) is 1. The van der Waals surface area contributed by atoms with Gasteiger partial charge in [0.25, 0.3) is 5.91 Å². The minimum absolute atomic E-state index is 0.00864. The molecule has 2 heterocycles. The topological polar surface area (TPSA) is 122 Å². The number of carboxylic acids is 1. The predicted molar refractivity (Wildman–Crippen MR) is 115 cm³/mol. The molecule has 168 valence electrons. The lowest BCUT2D eigenvalue weighted by Gasteiger charge is -2.35. The van der Waals surface area contributed by atoms with Crippen LogP contribution in [0.1, 0.15) is 33.3 Å². The van der Waals surface area contributed by atoms with E-state index in [4.69, 9.17) is 14.4 Å². The molecule has 0 bridgehead atoms. The largest absolute Gasteiger partial charge is 0.481 e. The first-order chi connectivity index (χ1) is 16.0. The molecule has 33 heavy (non-hydrogen) atoms. The molecular formula is C24H21N3O6. The van der Waals surface area contributed by atoms with Gasteiger partial charge in [0.15, 0.2) is 11.5 Å². The van der Waals surface area contributed by atoms with Crippen molar-refractivity contribution in [3.05, 3.63) is 77.2 Å². The Hall–Kier alpha value is -4.14. The third-order valence-electron chi connectivity index (χ3n) is 6.05. The first-order valence-corrected chi connectivity index (χ1v) is 10.6. The summed E-state index contributed by atoms with van der Waals surface area (Å²) in [6.45, 7) is 0.497. The molecule has 0 unspecified atom stereocenters. The van der Waals surface area contributed by atoms with E-state index in [1.807, 2.05) is 36.4 Å². The first-order valence-electron chi connectivity index (χ1n) is 10.6. The van der Waals surface area contributed by atoms with Crippen molar-refractivity contribution >= 4 is 18.0 Å². The van der Waals surface area contributed by atoms with Crippen molar-refractivity contribution in [2.45, 2.75) is 12.5 Å². The fourth-order valence-corrected chi connectivity index (χ4v) is 4.27. The Morgan fingerprint density at radius 2 is 1.70 bits per heavy atom. The van der Waals surface area contributed by atoms with Gasteiger partial charge in [0.2, 0.25) is 0 Å². The van der Waals surface area contributed by atoms with E-state index in [2.05, 4.69) is 22.6 Å². The Bertz CT molecular complexity index is 1180. The van der Waals surface area contributed by atoms with Gasteiger partial charge in [-0.05, 0) is 22.3 Å². The molecule has 2 N–H and O–H groups in total. The van der Waals surface area contributed by atoms with Crippen LogP contribution in [0.2, 0.25) is 0 Å². The third-order valence-corrected chi connectivity index (χ3v) is 6.05. The Labute approximate surface area is 188 Å². The van der Waals surface area contributed by atoms with Crippen molar-refractivity contribution < 1.29 is 28.8 Å². The summed E-state index contributed by atoms with van der Waals surface area (Å²) in [6, 6.07) is 17.6. The number of carbonyl (C=O) groups is 3. The lowest BCUT2D eigenvalue weighted by Crippen LogP contribution is -2.53. The SMILES string of the molecule is O=C(NCc1cc(C(=O)N2CC(C(=O)O)C2)no1)OCC1c2ccccc2-c2ccccc21. The van der Waals surface area contributed by atoms with Crippen LogP contribution in [0, 0.1) is 5.92 Å². The molecule has 1 saturated heterocycles. The molecule has 3 aromatic rings. The minimum Gasteiger partial charge on any atom is -0.481 e. The number of hydrogen-bond acceptors (Lipinski definition) is 6. The third kappa shape index (κ3) is 3.93. The molecule has 0 radical (unpaired) electrons. The molecule has 2 aromatic carbocycles. The molecule has 2 aliphatic rings. The van der Waals surface area contributed by atoms with Gasteiger partial charge < -0.3 is 24.6 Å². The van der Waals surface area contributed by atoms with E-state index in [0.717, 1.165) is 22.3 Å². The first kappa shape index (κ1) is 20.7. The van der Waals surface area contributed by atoms with Gasteiger partial charge in [0.1, 0.15) is 6.61 Å². The molecule has 0 spiro atoms. The lowest BCUT2D eigenvalue weighted by atomic mass is 9.98. The van der Waals surface area contributed by atoms with Gasteiger partial charge in [-0.2, -0.15) is 0 Å². The fraction of sp³-hybridized carbons (Fsp3) is 0.250. The maximum Gasteiger partial charge on any atom is 0.407 e. The predicted octanol–water partition coefficient (Wildman–Crippen LogP) is 2.87. The van der Waals surface area contributed by atoms with Crippen LogP contribution in [0.25, 0.3) is 11.1 Å². The van der Waals surface area contributed by atoms with Crippen molar-refractivity contribution in [2.24, 2.45) is 5.92 Å². The minimum atomic E-state index is -0.924. The number of ether oxygens (including phenoxy) is 1. The Morgan fingerprint density at radius 1 is 1.06 bits per heavy atom. The summed E-state index contributed by atoms with van der Waals surface area (Å²) >= 11 is 0. The second-order valence-electron chi connectivity index (χ2n) is 8.10. The number of aliphatic carboxylic acids is 1. The van der Waals surface area contributed by atoms with Crippen molar-refractivity contribution in [3.8, 4) is 11.1 Å². The van der Waals surface area contributed by atoms with Gasteiger partial charge in [-0.1, -0.05) is 53.7 Å². The van der Waals surface area contributed by atoms with E-state index in [9.17, 15) is 14.4 Å². The highest BCUT2D eigenvalue weighted by atomic mass is 16.5. The zero-order chi connectivity index (χ0) is 22.9. The number of hydrogen-bond donors (Lipinski definition) is 2. The lowest BCUT2D eigenvalue weighted by molar-refractivity contribution is -0.146. The second-order valence-corrected chi connectivity index (χ2v) is 8.10. The zero-order valence-corrected chi connectivity index (χ0v) is 17.6. The van der Waals surface area contributed by atoms with E-state index < -0.39 is 23.9 Å². The van der Waals surface area contributed by atoms with Crippen LogP contribution in [-0.4, -0.2) is 52.8 Å². The van der Waals surface area contributed by atoms with E-state index in [0.29, 0.717) is 5.76 Å². The van der Waals surface area contributed by atoms with Crippen LogP contribution < -0.4 is 5.32 Å². The fourth-order valence-electron chi connectivity index (χ4n) is 4.27. The van der Waals surface area contributed by atoms with Gasteiger partial charge in [-0.25, -0.2) is 4.79 Å². The molecule has 1 aromatic heterocycles. The molecule has 9 heteroatoms. The highest BCUT2D eigenvalue weighted by Crippen LogP contribution is 2.44. The number of nitrogens with zero attached hydrogens (tertiary/aromatic N) is 2. The van der Waals surface area contributed by atoms with Gasteiger partial charge in [0.05, 0.1) is 12.5 Å². The second kappa shape index (κ2) is 8.42. The standard InChI is InChI=1S/C24H21N3O6/c28-22(27-11-14(12-27)23(29)30)21-9-15(33-26-21)10-25-24(31)32-13-20-18-7-3-1-5-16(18)17-6-2-4-8-19(17)20/h1-9,14,20H,10-13H2,(H,25,31)(H,29,30). The van der Waals surface area contributed by atoms with Crippen LogP contribution in [0.3, 0.4) is 0 Å². The summed E-state index contributed by atoms with van der Waals surface area (Å²) in [6.07, 6.45) is -0.604. The highest BCUT2D eigenvalue weighted by Gasteiger charge is 2.37. The molecule has 1 aliphatic carbocycles. The smallest absolute Gasteiger partial charge is 0.407 e. The van der Waals surface area contributed by atoms with Crippen molar-refractivity contribution in [2.75, 3.05) is 19.7 Å². The van der Waals surface area contributed by atoms with Crippen molar-refractivity contribution in [1.29, 1.82) is 0 Å². The number of likely N-dealkylation sites (tertiary alicyclic amines) is 1. The summed E-state index contributed by atoms with van der Waals surface area (Å²) < 4.78 is 10.6. The number of fused-ring (bicyclic) bond motifs is 3.